The molecule has 1 aliphatic rings. The van der Waals surface area contributed by atoms with Crippen molar-refractivity contribution in [1.29, 1.82) is 0 Å². The number of nitrogens with zero attached hydrogens (tertiary/aromatic N) is 3. The van der Waals surface area contributed by atoms with Crippen LogP contribution in [0.4, 0.5) is 17.1 Å². The lowest BCUT2D eigenvalue weighted by Crippen LogP contribution is -2.40. The Bertz CT molecular complexity index is 918. The Morgan fingerprint density at radius 2 is 1.71 bits per heavy atom. The van der Waals surface area contributed by atoms with Crippen molar-refractivity contribution in [3.05, 3.63) is 74.3 Å². The van der Waals surface area contributed by atoms with E-state index in [9.17, 15) is 25.0 Å². The second-order valence-electron chi connectivity index (χ2n) is 5.87. The number of nitro groups is 2. The van der Waals surface area contributed by atoms with Gasteiger partial charge in [0.15, 0.2) is 0 Å². The molecule has 11 heteroatoms. The van der Waals surface area contributed by atoms with E-state index in [1.807, 2.05) is 6.07 Å². The minimum absolute atomic E-state index is 0.124. The van der Waals surface area contributed by atoms with Crippen molar-refractivity contribution in [1.82, 2.24) is 5.32 Å². The monoisotopic (exact) mass is 401 g/mol. The third-order valence-corrected chi connectivity index (χ3v) is 5.00. The number of nitro benzene ring substituents is 2. The molecule has 1 unspecified atom stereocenters. The van der Waals surface area contributed by atoms with E-state index in [1.165, 1.54) is 0 Å². The van der Waals surface area contributed by atoms with E-state index in [4.69, 9.17) is 0 Å². The molecule has 1 saturated heterocycles. The van der Waals surface area contributed by atoms with Crippen LogP contribution >= 0.6 is 11.8 Å². The first-order valence-electron chi connectivity index (χ1n) is 8.14. The van der Waals surface area contributed by atoms with E-state index in [0.717, 1.165) is 18.2 Å². The van der Waals surface area contributed by atoms with Crippen LogP contribution in [0, 0.1) is 20.2 Å². The SMILES string of the molecule is O=C(NC1CSCC1=NNc1cc([N+](=O)[O-])cc([N+](=O)[O-])c1)c1ccccc1. The van der Waals surface area contributed by atoms with Gasteiger partial charge in [-0.05, 0) is 12.1 Å². The molecule has 1 heterocycles. The van der Waals surface area contributed by atoms with Gasteiger partial charge in [0.1, 0.15) is 0 Å². The van der Waals surface area contributed by atoms with Crippen LogP contribution < -0.4 is 10.7 Å². The lowest BCUT2D eigenvalue weighted by molar-refractivity contribution is -0.394. The molecule has 3 rings (SSSR count). The number of hydrogen-bond acceptors (Lipinski definition) is 8. The molecule has 1 aliphatic heterocycles. The summed E-state index contributed by atoms with van der Waals surface area (Å²) < 4.78 is 0. The fraction of sp³-hybridized carbons (Fsp3) is 0.176. The minimum atomic E-state index is -0.709. The van der Waals surface area contributed by atoms with Crippen LogP contribution in [0.15, 0.2) is 53.6 Å². The summed E-state index contributed by atoms with van der Waals surface area (Å²) in [5.41, 5.74) is 3.11. The molecule has 144 valence electrons. The molecule has 2 aromatic carbocycles. The Kier molecular flexibility index (Phi) is 5.84. The van der Waals surface area contributed by atoms with E-state index >= 15 is 0 Å². The second kappa shape index (κ2) is 8.48. The Morgan fingerprint density at radius 1 is 1.07 bits per heavy atom. The summed E-state index contributed by atoms with van der Waals surface area (Å²) in [7, 11) is 0. The van der Waals surface area contributed by atoms with Gasteiger partial charge < -0.3 is 5.32 Å². The van der Waals surface area contributed by atoms with Crippen LogP contribution in [0.5, 0.6) is 0 Å². The number of rotatable bonds is 6. The van der Waals surface area contributed by atoms with Crippen LogP contribution in [0.25, 0.3) is 0 Å². The lowest BCUT2D eigenvalue weighted by Gasteiger charge is -2.13. The van der Waals surface area contributed by atoms with Gasteiger partial charge in [0.2, 0.25) is 0 Å². The largest absolute Gasteiger partial charge is 0.343 e. The second-order valence-corrected chi connectivity index (χ2v) is 6.90. The number of amides is 1. The smallest absolute Gasteiger partial charge is 0.278 e. The lowest BCUT2D eigenvalue weighted by atomic mass is 10.1. The molecule has 0 radical (unpaired) electrons. The maximum Gasteiger partial charge on any atom is 0.278 e. The third kappa shape index (κ3) is 4.62. The van der Waals surface area contributed by atoms with Crippen molar-refractivity contribution in [3.8, 4) is 0 Å². The summed E-state index contributed by atoms with van der Waals surface area (Å²) >= 11 is 1.58. The van der Waals surface area contributed by atoms with Crippen LogP contribution in [0.3, 0.4) is 0 Å². The summed E-state index contributed by atoms with van der Waals surface area (Å²) in [6.45, 7) is 0. The zero-order valence-electron chi connectivity index (χ0n) is 14.4. The highest BCUT2D eigenvalue weighted by molar-refractivity contribution is 8.00. The van der Waals surface area contributed by atoms with Crippen molar-refractivity contribution in [3.63, 3.8) is 0 Å². The Balaban J connectivity index is 1.75. The van der Waals surface area contributed by atoms with E-state index in [1.54, 1.807) is 36.0 Å². The van der Waals surface area contributed by atoms with E-state index < -0.39 is 21.2 Å². The van der Waals surface area contributed by atoms with Gasteiger partial charge in [0.05, 0.1) is 33.4 Å². The molecule has 0 aliphatic carbocycles. The average Bonchev–Trinajstić information content (AvgIpc) is 3.13. The van der Waals surface area contributed by atoms with Crippen molar-refractivity contribution < 1.29 is 14.6 Å². The van der Waals surface area contributed by atoms with Gasteiger partial charge in [-0.25, -0.2) is 0 Å². The maximum absolute atomic E-state index is 12.3. The molecule has 0 saturated carbocycles. The first kappa shape index (κ1) is 19.3. The number of carbonyl (C=O) groups is 1. The number of hydrazone groups is 1. The quantitative estimate of drug-likeness (QED) is 0.560. The van der Waals surface area contributed by atoms with Gasteiger partial charge in [-0.15, -0.1) is 0 Å². The molecule has 1 fully saturated rings. The summed E-state index contributed by atoms with van der Waals surface area (Å²) in [5.74, 6) is 0.963. The predicted molar refractivity (Wildman–Crippen MR) is 106 cm³/mol. The zero-order valence-corrected chi connectivity index (χ0v) is 15.2. The summed E-state index contributed by atoms with van der Waals surface area (Å²) in [6.07, 6.45) is 0. The fourth-order valence-corrected chi connectivity index (χ4v) is 3.66. The normalized spacial score (nSPS) is 17.3. The Morgan fingerprint density at radius 3 is 2.32 bits per heavy atom. The van der Waals surface area contributed by atoms with E-state index in [-0.39, 0.29) is 17.6 Å². The number of thioether (sulfide) groups is 1. The van der Waals surface area contributed by atoms with Gasteiger partial charge in [-0.3, -0.25) is 30.4 Å². The molecule has 0 bridgehead atoms. The average molecular weight is 401 g/mol. The van der Waals surface area contributed by atoms with Gasteiger partial charge in [-0.2, -0.15) is 16.9 Å². The van der Waals surface area contributed by atoms with Crippen molar-refractivity contribution in [2.45, 2.75) is 6.04 Å². The summed E-state index contributed by atoms with van der Waals surface area (Å²) in [6, 6.07) is 11.7. The van der Waals surface area contributed by atoms with Gasteiger partial charge >= 0.3 is 0 Å². The zero-order chi connectivity index (χ0) is 20.1. The third-order valence-electron chi connectivity index (χ3n) is 3.93. The van der Waals surface area contributed by atoms with Crippen LogP contribution in [0.2, 0.25) is 0 Å². The highest BCUT2D eigenvalue weighted by Crippen LogP contribution is 2.26. The number of anilines is 1. The summed E-state index contributed by atoms with van der Waals surface area (Å²) in [5, 5.41) is 29.0. The highest BCUT2D eigenvalue weighted by Gasteiger charge is 2.25. The molecule has 10 nitrogen and oxygen atoms in total. The molecule has 28 heavy (non-hydrogen) atoms. The molecule has 1 amide bonds. The van der Waals surface area contributed by atoms with Crippen LogP contribution in [-0.2, 0) is 0 Å². The van der Waals surface area contributed by atoms with Gasteiger partial charge in [0.25, 0.3) is 17.3 Å². The van der Waals surface area contributed by atoms with Crippen LogP contribution in [0.1, 0.15) is 10.4 Å². The van der Waals surface area contributed by atoms with E-state index in [2.05, 4.69) is 15.8 Å². The number of nitrogens with one attached hydrogen (secondary N) is 2. The molecule has 2 N–H and O–H groups in total. The fourth-order valence-electron chi connectivity index (χ4n) is 2.55. The topological polar surface area (TPSA) is 140 Å². The van der Waals surface area contributed by atoms with Crippen molar-refractivity contribution >= 4 is 40.4 Å². The minimum Gasteiger partial charge on any atom is -0.343 e. The molecular weight excluding hydrogens is 386 g/mol. The molecule has 2 aromatic rings. The maximum atomic E-state index is 12.3. The standard InChI is InChI=1S/C17H15N5O5S/c23-17(11-4-2-1-3-5-11)18-15-9-28-10-16(15)20-19-12-6-13(21(24)25)8-14(7-12)22(26)27/h1-8,15,19H,9-10H2,(H,18,23). The first-order valence-corrected chi connectivity index (χ1v) is 9.29. The molecular formula is C17H15N5O5S. The van der Waals surface area contributed by atoms with Gasteiger partial charge in [-0.1, -0.05) is 18.2 Å². The predicted octanol–water partition coefficient (Wildman–Crippen LogP) is 2.82. The highest BCUT2D eigenvalue weighted by atomic mass is 32.2. The van der Waals surface area contributed by atoms with Gasteiger partial charge in [0, 0.05) is 29.2 Å². The number of hydrogen-bond donors (Lipinski definition) is 2. The van der Waals surface area contributed by atoms with Crippen molar-refractivity contribution in [2.75, 3.05) is 16.9 Å². The number of benzene rings is 2. The molecule has 0 spiro atoms. The number of non-ortho nitro benzene ring substituents is 2. The summed E-state index contributed by atoms with van der Waals surface area (Å²) in [4.78, 5) is 32.8. The van der Waals surface area contributed by atoms with Crippen LogP contribution in [-0.4, -0.2) is 39.0 Å². The first-order chi connectivity index (χ1) is 13.4. The molecule has 0 aromatic heterocycles. The number of carbonyl (C=O) groups excluding carboxylic acids is 1. The van der Waals surface area contributed by atoms with E-state index in [0.29, 0.717) is 22.8 Å². The Labute approximate surface area is 163 Å². The Hall–Kier alpha value is -3.47. The molecule has 1 atom stereocenters. The van der Waals surface area contributed by atoms with Crippen molar-refractivity contribution in [2.24, 2.45) is 5.10 Å².